The van der Waals surface area contributed by atoms with Crippen molar-refractivity contribution < 1.29 is 22.9 Å². The van der Waals surface area contributed by atoms with Gasteiger partial charge in [0.25, 0.3) is 0 Å². The maximum Gasteiger partial charge on any atom is 0.337 e. The van der Waals surface area contributed by atoms with Crippen LogP contribution in [0.2, 0.25) is 5.02 Å². The van der Waals surface area contributed by atoms with Gasteiger partial charge in [-0.15, -0.1) is 11.3 Å². The van der Waals surface area contributed by atoms with Crippen LogP contribution in [0.5, 0.6) is 0 Å². The monoisotopic (exact) mass is 642 g/mol. The summed E-state index contributed by atoms with van der Waals surface area (Å²) in [7, 11) is 1.29. The van der Waals surface area contributed by atoms with Crippen LogP contribution < -0.4 is 0 Å². The van der Waals surface area contributed by atoms with E-state index >= 15 is 0 Å². The molecule has 0 saturated heterocycles. The minimum absolute atomic E-state index is 0.213. The third kappa shape index (κ3) is 5.16. The molecule has 6 rings (SSSR count). The predicted octanol–water partition coefficient (Wildman–Crippen LogP) is 9.17. The molecule has 0 spiro atoms. The molecule has 6 aromatic rings. The van der Waals surface area contributed by atoms with Crippen LogP contribution in [-0.4, -0.2) is 21.6 Å². The SMILES string of the molecule is COC(=O)c1ccc(-c2cccc(-c3c(-c4ccsc4C#N)c4cc(F)ccc4n3[S+]([O-])c3ccc(C)c(F)c3)c2)c(Cl)c1. The van der Waals surface area contributed by atoms with Crippen LogP contribution >= 0.6 is 22.9 Å². The lowest BCUT2D eigenvalue weighted by molar-refractivity contribution is 0.0600. The molecule has 2 aromatic heterocycles. The highest BCUT2D eigenvalue weighted by atomic mass is 35.5. The minimum Gasteiger partial charge on any atom is -0.587 e. The van der Waals surface area contributed by atoms with Gasteiger partial charge in [0.05, 0.1) is 18.2 Å². The number of aromatic nitrogens is 1. The number of rotatable bonds is 6. The lowest BCUT2D eigenvalue weighted by atomic mass is 9.96. The fourth-order valence-electron chi connectivity index (χ4n) is 5.15. The first-order valence-corrected chi connectivity index (χ1v) is 15.6. The van der Waals surface area contributed by atoms with Crippen LogP contribution in [-0.2, 0) is 16.1 Å². The summed E-state index contributed by atoms with van der Waals surface area (Å²) in [6.45, 7) is 1.62. The quantitative estimate of drug-likeness (QED) is 0.134. The van der Waals surface area contributed by atoms with E-state index in [2.05, 4.69) is 6.07 Å². The minimum atomic E-state index is -1.98. The standard InChI is InChI=1S/C34H21ClF2N2O3S2/c1-19-6-9-24(17-29(19)37)44(41)39-30-11-8-23(36)16-27(30)32(26-12-13-43-31(26)18-38)33(39)21-5-3-4-20(14-21)25-10-7-22(15-28(25)35)34(40)42-2/h3-17H,1-2H3. The molecule has 0 fully saturated rings. The molecule has 44 heavy (non-hydrogen) atoms. The fourth-order valence-corrected chi connectivity index (χ4v) is 7.43. The molecule has 0 aliphatic heterocycles. The molecule has 0 aliphatic rings. The first kappa shape index (κ1) is 29.6. The van der Waals surface area contributed by atoms with Crippen molar-refractivity contribution in [1.29, 1.82) is 5.26 Å². The van der Waals surface area contributed by atoms with Gasteiger partial charge in [0.15, 0.2) is 4.90 Å². The number of carbonyl (C=O) groups is 1. The normalized spacial score (nSPS) is 11.8. The molecular weight excluding hydrogens is 622 g/mol. The van der Waals surface area contributed by atoms with Crippen LogP contribution in [0.15, 0.2) is 95.2 Å². The largest absolute Gasteiger partial charge is 0.587 e. The van der Waals surface area contributed by atoms with Crippen molar-refractivity contribution >= 4 is 51.2 Å². The Balaban J connectivity index is 1.66. The highest BCUT2D eigenvalue weighted by Crippen LogP contribution is 2.46. The summed E-state index contributed by atoms with van der Waals surface area (Å²) < 4.78 is 50.2. The van der Waals surface area contributed by atoms with Gasteiger partial charge in [-0.3, -0.25) is 0 Å². The second-order valence-corrected chi connectivity index (χ2v) is 12.5. The van der Waals surface area contributed by atoms with Crippen molar-refractivity contribution in [2.45, 2.75) is 11.8 Å². The van der Waals surface area contributed by atoms with E-state index in [9.17, 15) is 23.4 Å². The van der Waals surface area contributed by atoms with Crippen molar-refractivity contribution in [3.05, 3.63) is 123 Å². The van der Waals surface area contributed by atoms with E-state index < -0.39 is 29.0 Å². The molecule has 0 N–H and O–H groups in total. The molecule has 4 aromatic carbocycles. The van der Waals surface area contributed by atoms with Gasteiger partial charge >= 0.3 is 5.97 Å². The Bertz CT molecular complexity index is 2130. The van der Waals surface area contributed by atoms with E-state index in [1.54, 1.807) is 52.7 Å². The number of halogens is 3. The number of thiophene rings is 1. The van der Waals surface area contributed by atoms with E-state index in [1.807, 2.05) is 18.2 Å². The Hall–Kier alpha value is -4.46. The first-order chi connectivity index (χ1) is 21.2. The summed E-state index contributed by atoms with van der Waals surface area (Å²) in [5.74, 6) is -1.53. The Morgan fingerprint density at radius 3 is 2.52 bits per heavy atom. The maximum atomic E-state index is 14.8. The molecule has 0 amide bonds. The number of carbonyl (C=O) groups excluding carboxylic acids is 1. The second kappa shape index (κ2) is 11.9. The molecule has 1 unspecified atom stereocenters. The highest BCUT2D eigenvalue weighted by molar-refractivity contribution is 7.90. The Labute approximate surface area is 263 Å². The molecule has 10 heteroatoms. The number of methoxy groups -OCH3 is 1. The molecule has 1 atom stereocenters. The van der Waals surface area contributed by atoms with Crippen molar-refractivity contribution in [3.63, 3.8) is 0 Å². The van der Waals surface area contributed by atoms with Gasteiger partial charge in [-0.25, -0.2) is 13.6 Å². The number of fused-ring (bicyclic) bond motifs is 1. The molecule has 2 heterocycles. The van der Waals surface area contributed by atoms with Gasteiger partial charge in [0.2, 0.25) is 0 Å². The summed E-state index contributed by atoms with van der Waals surface area (Å²) in [5.41, 5.74) is 4.58. The zero-order chi connectivity index (χ0) is 31.1. The first-order valence-electron chi connectivity index (χ1n) is 13.2. The fraction of sp³-hybridized carbons (Fsp3) is 0.0588. The molecular formula is C34H21ClF2N2O3S2. The molecule has 218 valence electrons. The molecule has 0 radical (unpaired) electrons. The zero-order valence-corrected chi connectivity index (χ0v) is 25.6. The molecule has 0 aliphatic carbocycles. The number of benzene rings is 4. The van der Waals surface area contributed by atoms with E-state index in [1.165, 1.54) is 48.8 Å². The summed E-state index contributed by atoms with van der Waals surface area (Å²) in [5, 5.41) is 12.5. The second-order valence-electron chi connectivity index (χ2n) is 9.88. The summed E-state index contributed by atoms with van der Waals surface area (Å²) in [4.78, 5) is 12.7. The molecule has 0 saturated carbocycles. The van der Waals surface area contributed by atoms with Gasteiger partial charge < -0.3 is 9.29 Å². The lowest BCUT2D eigenvalue weighted by Crippen LogP contribution is -2.15. The van der Waals surface area contributed by atoms with Crippen LogP contribution in [0.3, 0.4) is 0 Å². The predicted molar refractivity (Wildman–Crippen MR) is 170 cm³/mol. The lowest BCUT2D eigenvalue weighted by Gasteiger charge is -2.17. The number of hydrogen-bond acceptors (Lipinski definition) is 5. The topological polar surface area (TPSA) is 78.1 Å². The van der Waals surface area contributed by atoms with E-state index in [0.29, 0.717) is 65.4 Å². The van der Waals surface area contributed by atoms with Crippen molar-refractivity contribution in [2.24, 2.45) is 0 Å². The van der Waals surface area contributed by atoms with Crippen LogP contribution in [0, 0.1) is 29.9 Å². The van der Waals surface area contributed by atoms with E-state index in [4.69, 9.17) is 16.3 Å². The summed E-state index contributed by atoms with van der Waals surface area (Å²) >= 11 is 5.88. The van der Waals surface area contributed by atoms with Gasteiger partial charge in [-0.2, -0.15) is 9.23 Å². The van der Waals surface area contributed by atoms with Crippen LogP contribution in [0.25, 0.3) is 44.4 Å². The average molecular weight is 643 g/mol. The number of nitrogens with zero attached hydrogens (tertiary/aromatic N) is 2. The average Bonchev–Trinajstić information content (AvgIpc) is 3.63. The van der Waals surface area contributed by atoms with E-state index in [-0.39, 0.29) is 4.90 Å². The van der Waals surface area contributed by atoms with Gasteiger partial charge in [0, 0.05) is 38.7 Å². The zero-order valence-electron chi connectivity index (χ0n) is 23.2. The van der Waals surface area contributed by atoms with Crippen LogP contribution in [0.4, 0.5) is 8.78 Å². The number of esters is 1. The molecule has 5 nitrogen and oxygen atoms in total. The van der Waals surface area contributed by atoms with Crippen molar-refractivity contribution in [3.8, 4) is 39.6 Å². The maximum absolute atomic E-state index is 14.8. The Kier molecular flexibility index (Phi) is 8.01. The van der Waals surface area contributed by atoms with Crippen molar-refractivity contribution in [2.75, 3.05) is 7.11 Å². The number of hydrogen-bond donors (Lipinski definition) is 0. The van der Waals surface area contributed by atoms with E-state index in [0.717, 1.165) is 0 Å². The summed E-state index contributed by atoms with van der Waals surface area (Å²) in [6, 6.07) is 24.7. The third-order valence-corrected chi connectivity index (χ3v) is 9.77. The number of aryl methyl sites for hydroxylation is 1. The Morgan fingerprint density at radius 1 is 1.00 bits per heavy atom. The number of nitriles is 1. The van der Waals surface area contributed by atoms with Gasteiger partial charge in [-0.1, -0.05) is 41.9 Å². The number of ether oxygens (including phenoxy) is 1. The highest BCUT2D eigenvalue weighted by Gasteiger charge is 2.30. The molecule has 0 bridgehead atoms. The smallest absolute Gasteiger partial charge is 0.337 e. The summed E-state index contributed by atoms with van der Waals surface area (Å²) in [6.07, 6.45) is 0. The van der Waals surface area contributed by atoms with Crippen molar-refractivity contribution in [1.82, 2.24) is 3.97 Å². The van der Waals surface area contributed by atoms with Gasteiger partial charge in [0.1, 0.15) is 39.6 Å². The van der Waals surface area contributed by atoms with Crippen LogP contribution in [0.1, 0.15) is 20.8 Å². The Morgan fingerprint density at radius 2 is 1.80 bits per heavy atom. The third-order valence-electron chi connectivity index (χ3n) is 7.27. The van der Waals surface area contributed by atoms with Gasteiger partial charge in [-0.05, 0) is 72.0 Å².